The molecule has 0 aromatic heterocycles. The van der Waals surface area contributed by atoms with Crippen LogP contribution >= 0.6 is 15.9 Å². The number of fused-ring (bicyclic) bond motifs is 1. The van der Waals surface area contributed by atoms with Crippen LogP contribution in [0.5, 0.6) is 0 Å². The van der Waals surface area contributed by atoms with E-state index in [1.165, 1.54) is 0 Å². The first kappa shape index (κ1) is 38.8. The van der Waals surface area contributed by atoms with E-state index < -0.39 is 47.7 Å². The zero-order valence-corrected chi connectivity index (χ0v) is 30.7. The number of rotatable bonds is 21. The molecule has 3 aliphatic heterocycles. The van der Waals surface area contributed by atoms with Gasteiger partial charge in [-0.05, 0) is 44.6 Å². The topological polar surface area (TPSA) is 125 Å². The van der Waals surface area contributed by atoms with Crippen LogP contribution in [0, 0.1) is 11.8 Å². The van der Waals surface area contributed by atoms with Crippen molar-refractivity contribution in [1.29, 1.82) is 0 Å². The molecule has 0 saturated carbocycles. The van der Waals surface area contributed by atoms with Crippen molar-refractivity contribution in [3.63, 3.8) is 0 Å². The van der Waals surface area contributed by atoms with Gasteiger partial charge in [0.25, 0.3) is 0 Å². The number of likely N-dealkylation sites (tertiary alicyclic amines) is 1. The van der Waals surface area contributed by atoms with E-state index in [9.17, 15) is 24.3 Å². The number of benzene rings is 1. The summed E-state index contributed by atoms with van der Waals surface area (Å²) in [6, 6.07) is 7.79. The van der Waals surface area contributed by atoms with Crippen LogP contribution in [-0.2, 0) is 28.7 Å². The lowest BCUT2D eigenvalue weighted by molar-refractivity contribution is -0.162. The van der Waals surface area contributed by atoms with Gasteiger partial charge in [-0.25, -0.2) is 0 Å². The Bertz CT molecular complexity index is 1310. The molecular weight excluding hydrogens is 690 g/mol. The average Bonchev–Trinajstić information content (AvgIpc) is 3.68. The Morgan fingerprint density at radius 3 is 2.55 bits per heavy atom. The Hall–Kier alpha value is -3.02. The van der Waals surface area contributed by atoms with Crippen LogP contribution in [0.15, 0.2) is 55.6 Å². The van der Waals surface area contributed by atoms with E-state index in [0.717, 1.165) is 32.1 Å². The number of aliphatic hydroxyl groups excluding tert-OH is 1. The number of halogens is 1. The van der Waals surface area contributed by atoms with Gasteiger partial charge in [0.1, 0.15) is 17.7 Å². The molecule has 49 heavy (non-hydrogen) atoms. The zero-order valence-electron chi connectivity index (χ0n) is 29.1. The summed E-state index contributed by atoms with van der Waals surface area (Å²) in [5.41, 5.74) is -0.484. The van der Waals surface area contributed by atoms with E-state index in [1.807, 2.05) is 30.3 Å². The van der Waals surface area contributed by atoms with Gasteiger partial charge in [-0.1, -0.05) is 91.0 Å². The highest BCUT2D eigenvalue weighted by molar-refractivity contribution is 9.09. The van der Waals surface area contributed by atoms with E-state index in [4.69, 9.17) is 9.47 Å². The van der Waals surface area contributed by atoms with Crippen LogP contribution in [0.25, 0.3) is 0 Å². The summed E-state index contributed by atoms with van der Waals surface area (Å²) in [6.07, 6.45) is 8.84. The molecule has 270 valence electrons. The lowest BCUT2D eigenvalue weighted by Crippen LogP contribution is -2.57. The van der Waals surface area contributed by atoms with Crippen molar-refractivity contribution < 1.29 is 33.8 Å². The average molecular weight is 745 g/mol. The van der Waals surface area contributed by atoms with Crippen LogP contribution < -0.4 is 5.32 Å². The number of allylic oxidation sites excluding steroid dienone is 1. The Morgan fingerprint density at radius 1 is 1.14 bits per heavy atom. The fraction of sp³-hybridized carbons (Fsp3) is 0.632. The third-order valence-electron chi connectivity index (χ3n) is 10.1. The number of nitrogens with one attached hydrogen (secondary N) is 1. The predicted molar refractivity (Wildman–Crippen MR) is 192 cm³/mol. The fourth-order valence-electron chi connectivity index (χ4n) is 7.78. The lowest BCUT2D eigenvalue weighted by atomic mass is 9.70. The molecule has 3 saturated heterocycles. The molecule has 11 heteroatoms. The van der Waals surface area contributed by atoms with Crippen LogP contribution in [0.3, 0.4) is 0 Å². The molecule has 2 N–H and O–H groups in total. The number of amides is 3. The number of ether oxygens (including phenoxy) is 2. The molecule has 4 rings (SSSR count). The first-order valence-electron chi connectivity index (χ1n) is 17.9. The number of aliphatic hydroxyl groups is 1. The molecule has 8 atom stereocenters. The monoisotopic (exact) mass is 743 g/mol. The van der Waals surface area contributed by atoms with Crippen molar-refractivity contribution in [1.82, 2.24) is 15.1 Å². The number of nitrogens with zero attached hydrogens (tertiary/aromatic N) is 2. The van der Waals surface area contributed by atoms with Gasteiger partial charge in [-0.3, -0.25) is 19.2 Å². The number of alkyl halides is 1. The van der Waals surface area contributed by atoms with Gasteiger partial charge >= 0.3 is 5.97 Å². The first-order chi connectivity index (χ1) is 23.6. The third-order valence-corrected chi connectivity index (χ3v) is 10.9. The second-order valence-corrected chi connectivity index (χ2v) is 14.7. The number of carbonyl (C=O) groups is 4. The smallest absolute Gasteiger partial charge is 0.313 e. The number of hydrogen-bond donors (Lipinski definition) is 2. The molecular formula is C38H54BrN3O7. The molecule has 3 fully saturated rings. The lowest BCUT2D eigenvalue weighted by Gasteiger charge is -2.37. The summed E-state index contributed by atoms with van der Waals surface area (Å²) >= 11 is 3.76. The Kier molecular flexibility index (Phi) is 14.5. The molecule has 3 heterocycles. The predicted octanol–water partition coefficient (Wildman–Crippen LogP) is 5.25. The summed E-state index contributed by atoms with van der Waals surface area (Å²) < 4.78 is 13.0. The Balaban J connectivity index is 1.66. The molecule has 1 aromatic rings. The van der Waals surface area contributed by atoms with Gasteiger partial charge in [0.05, 0.1) is 24.0 Å². The molecule has 0 aliphatic carbocycles. The van der Waals surface area contributed by atoms with Crippen molar-refractivity contribution >= 4 is 39.6 Å². The van der Waals surface area contributed by atoms with Crippen LogP contribution in [0.1, 0.15) is 89.7 Å². The van der Waals surface area contributed by atoms with Crippen molar-refractivity contribution in [3.05, 3.63) is 61.2 Å². The first-order valence-corrected chi connectivity index (χ1v) is 18.8. The SMILES string of the molecule is C=CCCC(=O)N[C@@H](C)[C@H](OC(=O)[C@H]1[C@@H]2O[C@@]3(CC2Br)[C@@H]1C(=O)N(CCCCCCO)[C@@H]3C(=O)N(CC=C)CCCCC)c1ccccc1. The molecule has 0 radical (unpaired) electrons. The van der Waals surface area contributed by atoms with E-state index in [1.54, 1.807) is 28.9 Å². The molecule has 1 spiro atoms. The minimum Gasteiger partial charge on any atom is -0.455 e. The van der Waals surface area contributed by atoms with Crippen molar-refractivity contribution in [2.75, 3.05) is 26.2 Å². The Morgan fingerprint density at radius 2 is 1.88 bits per heavy atom. The van der Waals surface area contributed by atoms with Gasteiger partial charge in [0.15, 0.2) is 0 Å². The van der Waals surface area contributed by atoms with Crippen molar-refractivity contribution in [3.8, 4) is 0 Å². The Labute approximate surface area is 299 Å². The third kappa shape index (κ3) is 8.66. The molecule has 1 aromatic carbocycles. The number of unbranched alkanes of at least 4 members (excludes halogenated alkanes) is 5. The maximum absolute atomic E-state index is 14.6. The van der Waals surface area contributed by atoms with E-state index in [-0.39, 0.29) is 35.6 Å². The van der Waals surface area contributed by atoms with Crippen LogP contribution in [0.2, 0.25) is 0 Å². The van der Waals surface area contributed by atoms with Crippen molar-refractivity contribution in [2.45, 2.75) is 113 Å². The summed E-state index contributed by atoms with van der Waals surface area (Å²) in [6.45, 7) is 12.8. The number of esters is 1. The minimum atomic E-state index is -1.20. The van der Waals surface area contributed by atoms with Crippen molar-refractivity contribution in [2.24, 2.45) is 11.8 Å². The quantitative estimate of drug-likeness (QED) is 0.0763. The fourth-order valence-corrected chi connectivity index (χ4v) is 8.72. The van der Waals surface area contributed by atoms with E-state index >= 15 is 0 Å². The van der Waals surface area contributed by atoms with Crippen LogP contribution in [0.4, 0.5) is 0 Å². The summed E-state index contributed by atoms with van der Waals surface area (Å²) in [7, 11) is 0. The second-order valence-electron chi connectivity index (χ2n) is 13.6. The molecule has 10 nitrogen and oxygen atoms in total. The van der Waals surface area contributed by atoms with Gasteiger partial charge in [0, 0.05) is 37.5 Å². The zero-order chi connectivity index (χ0) is 35.6. The summed E-state index contributed by atoms with van der Waals surface area (Å²) in [5, 5.41) is 12.2. The van der Waals surface area contributed by atoms with E-state index in [2.05, 4.69) is 41.3 Å². The maximum Gasteiger partial charge on any atom is 0.313 e. The molecule has 3 aliphatic rings. The largest absolute Gasteiger partial charge is 0.455 e. The highest BCUT2D eigenvalue weighted by Gasteiger charge is 2.77. The van der Waals surface area contributed by atoms with E-state index in [0.29, 0.717) is 50.9 Å². The minimum absolute atomic E-state index is 0.107. The summed E-state index contributed by atoms with van der Waals surface area (Å²) in [5.74, 6) is -3.05. The molecule has 2 bridgehead atoms. The van der Waals surface area contributed by atoms with Crippen LogP contribution in [-0.4, -0.2) is 93.5 Å². The maximum atomic E-state index is 14.6. The molecule has 3 amide bonds. The van der Waals surface area contributed by atoms with Gasteiger partial charge < -0.3 is 29.7 Å². The second kappa shape index (κ2) is 18.3. The highest BCUT2D eigenvalue weighted by atomic mass is 79.9. The number of carbonyl (C=O) groups excluding carboxylic acids is 4. The molecule has 1 unspecified atom stereocenters. The highest BCUT2D eigenvalue weighted by Crippen LogP contribution is 2.60. The van der Waals surface area contributed by atoms with Gasteiger partial charge in [-0.15, -0.1) is 13.2 Å². The standard InChI is InChI=1S/C38H54BrN3O7/c1-5-8-15-22-41(21-7-3)36(46)34-38-25-28(39)33(49-38)30(31(38)35(45)42(34)23-16-10-11-17-24-43)37(47)48-32(27-18-13-12-14-19-27)26(4)40-29(44)20-9-6-2/h6-7,12-14,18-19,26,28,30-34,43H,2-3,5,8-11,15-17,20-25H2,1,4H3,(H,40,44)/t26-,28?,30+,31-,32-,33+,34+,38-/m0/s1. The summed E-state index contributed by atoms with van der Waals surface area (Å²) in [4.78, 5) is 59.3. The van der Waals surface area contributed by atoms with Gasteiger partial charge in [-0.2, -0.15) is 0 Å². The normalized spacial score (nSPS) is 26.6. The van der Waals surface area contributed by atoms with Gasteiger partial charge in [0.2, 0.25) is 17.7 Å². The number of hydrogen-bond acceptors (Lipinski definition) is 7.